The van der Waals surface area contributed by atoms with Crippen LogP contribution in [0.25, 0.3) is 5.57 Å². The molecule has 0 bridgehead atoms. The SMILES string of the molecule is CC.CC1=CC(c2ccc(C)c(F)c2)=CCC=C1CC=O.CCCC.C[C@H]1CCCCNC1.N#CCNC=O. The van der Waals surface area contributed by atoms with Crippen LogP contribution in [0.2, 0.25) is 0 Å². The Hall–Kier alpha value is -3.04. The minimum atomic E-state index is -0.185. The van der Waals surface area contributed by atoms with Gasteiger partial charge < -0.3 is 15.4 Å². The molecule has 0 unspecified atom stereocenters. The fourth-order valence-corrected chi connectivity index (χ4v) is 3.46. The van der Waals surface area contributed by atoms with Gasteiger partial charge in [0.1, 0.15) is 18.6 Å². The summed E-state index contributed by atoms with van der Waals surface area (Å²) in [4.78, 5) is 19.9. The number of carbonyl (C=O) groups excluding carboxylic acids is 2. The van der Waals surface area contributed by atoms with Gasteiger partial charge in [-0.05, 0) is 86.0 Å². The molecule has 1 aromatic rings. The van der Waals surface area contributed by atoms with Crippen LogP contribution in [0.15, 0.2) is 47.6 Å². The third-order valence-electron chi connectivity index (χ3n) is 5.95. The highest BCUT2D eigenvalue weighted by Gasteiger charge is 2.08. The summed E-state index contributed by atoms with van der Waals surface area (Å²) < 4.78 is 13.6. The number of benzene rings is 1. The highest BCUT2D eigenvalue weighted by atomic mass is 19.1. The monoisotopic (exact) mass is 541 g/mol. The maximum absolute atomic E-state index is 13.6. The summed E-state index contributed by atoms with van der Waals surface area (Å²) in [5.41, 5.74) is 4.65. The number of aldehydes is 1. The number of hydrogen-bond acceptors (Lipinski definition) is 4. The van der Waals surface area contributed by atoms with E-state index in [0.717, 1.165) is 40.9 Å². The van der Waals surface area contributed by atoms with Crippen molar-refractivity contribution in [3.8, 4) is 6.07 Å². The van der Waals surface area contributed by atoms with Crippen molar-refractivity contribution >= 4 is 18.3 Å². The van der Waals surface area contributed by atoms with E-state index in [4.69, 9.17) is 5.26 Å². The minimum absolute atomic E-state index is 0.101. The van der Waals surface area contributed by atoms with Crippen molar-refractivity contribution in [1.29, 1.82) is 5.26 Å². The van der Waals surface area contributed by atoms with Crippen molar-refractivity contribution in [3.63, 3.8) is 0 Å². The Bertz CT molecular complexity index is 919. The number of allylic oxidation sites excluding steroid dienone is 6. The van der Waals surface area contributed by atoms with Gasteiger partial charge in [0.15, 0.2) is 0 Å². The van der Waals surface area contributed by atoms with Gasteiger partial charge in [-0.2, -0.15) is 5.26 Å². The van der Waals surface area contributed by atoms with Crippen LogP contribution in [-0.4, -0.2) is 32.3 Å². The highest BCUT2D eigenvalue weighted by molar-refractivity contribution is 5.77. The topological polar surface area (TPSA) is 82.0 Å². The van der Waals surface area contributed by atoms with Gasteiger partial charge >= 0.3 is 0 Å². The van der Waals surface area contributed by atoms with Crippen LogP contribution in [0, 0.1) is 30.0 Å². The van der Waals surface area contributed by atoms with Crippen molar-refractivity contribution in [3.05, 3.63) is 64.5 Å². The van der Waals surface area contributed by atoms with Crippen LogP contribution < -0.4 is 10.6 Å². The summed E-state index contributed by atoms with van der Waals surface area (Å²) in [6.07, 6.45) is 15.6. The molecule has 1 atom stereocenters. The smallest absolute Gasteiger partial charge is 0.207 e. The summed E-state index contributed by atoms with van der Waals surface area (Å²) in [6, 6.07) is 7.01. The second-order valence-electron chi connectivity index (χ2n) is 9.25. The number of halogens is 1. The maximum atomic E-state index is 13.6. The van der Waals surface area contributed by atoms with Crippen LogP contribution in [0.5, 0.6) is 0 Å². The molecule has 1 amide bonds. The Morgan fingerprint density at radius 1 is 1.13 bits per heavy atom. The van der Waals surface area contributed by atoms with E-state index in [-0.39, 0.29) is 12.4 Å². The van der Waals surface area contributed by atoms with Crippen LogP contribution in [0.1, 0.15) is 97.6 Å². The van der Waals surface area contributed by atoms with Crippen LogP contribution in [-0.2, 0) is 9.59 Å². The standard InChI is InChI=1S/C17H17FO.C7H15N.C4H10.C3H4N2O.C2H6/c1-12-6-7-16(11-17(12)18)15-5-3-4-14(8-9-19)13(2)10-15;1-7-4-2-3-5-8-6-7;1-3-4-2;4-1-2-5-3-6;1-2/h4-7,9-11H,3,8H2,1-2H3;7-8H,2-6H2,1H3;3-4H2,1-2H3;3H,2H2,(H,5,6);1-2H3/t;7-;;;/m.0.../s1. The van der Waals surface area contributed by atoms with Crippen molar-refractivity contribution in [2.75, 3.05) is 19.6 Å². The number of rotatable bonds is 6. The number of hydrogen-bond donors (Lipinski definition) is 2. The van der Waals surface area contributed by atoms with Crippen LogP contribution >= 0.6 is 0 Å². The zero-order valence-corrected chi connectivity index (χ0v) is 25.4. The lowest BCUT2D eigenvalue weighted by Crippen LogP contribution is -2.18. The number of aryl methyl sites for hydroxylation is 1. The minimum Gasteiger partial charge on any atom is -0.346 e. The normalized spacial score (nSPS) is 15.8. The maximum Gasteiger partial charge on any atom is 0.207 e. The third-order valence-corrected chi connectivity index (χ3v) is 5.95. The average Bonchev–Trinajstić information content (AvgIpc) is 3.31. The molecule has 3 rings (SSSR count). The summed E-state index contributed by atoms with van der Waals surface area (Å²) in [6.45, 7) is 17.0. The number of carbonyl (C=O) groups is 2. The van der Waals surface area contributed by atoms with Crippen molar-refractivity contribution in [2.24, 2.45) is 5.92 Å². The molecule has 0 aromatic heterocycles. The summed E-state index contributed by atoms with van der Waals surface area (Å²) in [7, 11) is 0. The van der Waals surface area contributed by atoms with E-state index in [1.54, 1.807) is 25.1 Å². The first-order valence-electron chi connectivity index (χ1n) is 14.4. The van der Waals surface area contributed by atoms with Crippen molar-refractivity contribution in [2.45, 2.75) is 93.4 Å². The molecule has 1 aliphatic heterocycles. The molecule has 218 valence electrons. The second-order valence-corrected chi connectivity index (χ2v) is 9.25. The molecule has 39 heavy (non-hydrogen) atoms. The predicted molar refractivity (Wildman–Crippen MR) is 164 cm³/mol. The first kappa shape index (κ1) is 38.1. The van der Waals surface area contributed by atoms with Gasteiger partial charge in [-0.25, -0.2) is 4.39 Å². The Morgan fingerprint density at radius 2 is 1.82 bits per heavy atom. The predicted octanol–water partition coefficient (Wildman–Crippen LogP) is 7.87. The van der Waals surface area contributed by atoms with E-state index in [1.807, 2.05) is 32.9 Å². The molecule has 1 saturated heterocycles. The molecule has 2 N–H and O–H groups in total. The number of nitriles is 1. The van der Waals surface area contributed by atoms with Gasteiger partial charge in [0.25, 0.3) is 0 Å². The van der Waals surface area contributed by atoms with Gasteiger partial charge in [-0.15, -0.1) is 0 Å². The van der Waals surface area contributed by atoms with Crippen LogP contribution in [0.4, 0.5) is 4.39 Å². The second kappa shape index (κ2) is 26.6. The van der Waals surface area contributed by atoms with E-state index in [0.29, 0.717) is 18.4 Å². The molecular formula is C33H52FN3O2. The fourth-order valence-electron chi connectivity index (χ4n) is 3.46. The van der Waals surface area contributed by atoms with E-state index in [9.17, 15) is 14.0 Å². The number of unbranched alkanes of at least 4 members (excludes halogenated alkanes) is 1. The number of nitrogens with one attached hydrogen (secondary N) is 2. The molecule has 1 fully saturated rings. The van der Waals surface area contributed by atoms with Crippen molar-refractivity contribution in [1.82, 2.24) is 10.6 Å². The first-order chi connectivity index (χ1) is 18.8. The molecule has 1 aliphatic carbocycles. The lowest BCUT2D eigenvalue weighted by Gasteiger charge is -2.06. The van der Waals surface area contributed by atoms with Crippen LogP contribution in [0.3, 0.4) is 0 Å². The lowest BCUT2D eigenvalue weighted by molar-refractivity contribution is -0.109. The zero-order valence-electron chi connectivity index (χ0n) is 25.4. The molecule has 5 nitrogen and oxygen atoms in total. The van der Waals surface area contributed by atoms with Gasteiger partial charge in [-0.1, -0.05) is 84.2 Å². The molecule has 6 heteroatoms. The molecule has 1 aromatic carbocycles. The van der Waals surface area contributed by atoms with Crippen molar-refractivity contribution < 1.29 is 14.0 Å². The zero-order chi connectivity index (χ0) is 29.9. The fraction of sp³-hybridized carbons (Fsp3) is 0.545. The summed E-state index contributed by atoms with van der Waals surface area (Å²) in [5.74, 6) is 0.729. The molecule has 1 heterocycles. The third kappa shape index (κ3) is 19.7. The van der Waals surface area contributed by atoms with E-state index >= 15 is 0 Å². The van der Waals surface area contributed by atoms with Gasteiger partial charge in [0.05, 0.1) is 6.07 Å². The Balaban J connectivity index is 0. The Kier molecular flexibility index (Phi) is 26.0. The Morgan fingerprint density at radius 3 is 2.36 bits per heavy atom. The van der Waals surface area contributed by atoms with E-state index in [2.05, 4.69) is 43.6 Å². The largest absolute Gasteiger partial charge is 0.346 e. The quantitative estimate of drug-likeness (QED) is 0.218. The molecular weight excluding hydrogens is 489 g/mol. The molecule has 0 saturated carbocycles. The number of nitrogens with zero attached hydrogens (tertiary/aromatic N) is 1. The Labute approximate surface area is 237 Å². The lowest BCUT2D eigenvalue weighted by atomic mass is 9.99. The summed E-state index contributed by atoms with van der Waals surface area (Å²) in [5, 5.41) is 13.3. The average molecular weight is 542 g/mol. The first-order valence-corrected chi connectivity index (χ1v) is 14.4. The van der Waals surface area contributed by atoms with Gasteiger partial charge in [0, 0.05) is 6.42 Å². The molecule has 0 radical (unpaired) electrons. The highest BCUT2D eigenvalue weighted by Crippen LogP contribution is 2.26. The van der Waals surface area contributed by atoms with E-state index in [1.165, 1.54) is 45.2 Å². The van der Waals surface area contributed by atoms with E-state index < -0.39 is 0 Å². The molecule has 2 aliphatic rings. The van der Waals surface area contributed by atoms with Gasteiger partial charge in [-0.3, -0.25) is 4.79 Å². The number of amides is 1. The van der Waals surface area contributed by atoms with Gasteiger partial charge in [0.2, 0.25) is 6.41 Å². The molecule has 0 spiro atoms. The summed E-state index contributed by atoms with van der Waals surface area (Å²) >= 11 is 0.